The van der Waals surface area contributed by atoms with Crippen molar-refractivity contribution < 1.29 is 18.6 Å². The molecule has 4 nitrogen and oxygen atoms in total. The van der Waals surface area contributed by atoms with Gasteiger partial charge in [-0.2, -0.15) is 0 Å². The number of ether oxygens (including phenoxy) is 3. The molecule has 0 heterocycles. The van der Waals surface area contributed by atoms with E-state index in [9.17, 15) is 0 Å². The Bertz CT molecular complexity index is 697. The van der Waals surface area contributed by atoms with E-state index in [0.29, 0.717) is 6.42 Å². The van der Waals surface area contributed by atoms with Gasteiger partial charge in [0.05, 0.1) is 12.7 Å². The highest BCUT2D eigenvalue weighted by atomic mass is 28.4. The quantitative estimate of drug-likeness (QED) is 0.412. The van der Waals surface area contributed by atoms with E-state index in [1.165, 1.54) is 5.57 Å². The topological polar surface area (TPSA) is 36.9 Å². The number of benzene rings is 1. The van der Waals surface area contributed by atoms with Crippen LogP contribution in [0, 0.1) is 0 Å². The van der Waals surface area contributed by atoms with Crippen molar-refractivity contribution >= 4 is 14.1 Å². The number of unbranched alkanes of at least 4 members (excludes halogenated alkanes) is 1. The second kappa shape index (κ2) is 9.09. The van der Waals surface area contributed by atoms with Crippen LogP contribution in [0.4, 0.5) is 0 Å². The Balaban J connectivity index is 2.73. The molecule has 0 fully saturated rings. The summed E-state index contributed by atoms with van der Waals surface area (Å²) in [6, 6.07) is 5.99. The smallest absolute Gasteiger partial charge is 0.242 e. The molecule has 5 heteroatoms. The van der Waals surface area contributed by atoms with Crippen molar-refractivity contribution in [3.8, 4) is 5.75 Å². The molecule has 150 valence electrons. The van der Waals surface area contributed by atoms with Crippen molar-refractivity contribution in [2.75, 3.05) is 21.3 Å². The van der Waals surface area contributed by atoms with Gasteiger partial charge < -0.3 is 18.6 Å². The summed E-state index contributed by atoms with van der Waals surface area (Å²) in [5.41, 5.74) is 3.15. The van der Waals surface area contributed by atoms with Crippen molar-refractivity contribution in [3.63, 3.8) is 0 Å². The minimum absolute atomic E-state index is 0.677. The third-order valence-electron chi connectivity index (χ3n) is 4.76. The molecule has 0 N–H and O–H groups in total. The lowest BCUT2D eigenvalue weighted by atomic mass is 9.88. The third-order valence-corrected chi connectivity index (χ3v) is 5.59. The summed E-state index contributed by atoms with van der Waals surface area (Å²) in [7, 11) is 3.25. The molecule has 0 aromatic heterocycles. The molecular weight excluding hydrogens is 356 g/mol. The minimum atomic E-state index is -1.84. The predicted molar refractivity (Wildman–Crippen MR) is 113 cm³/mol. The maximum atomic E-state index is 6.48. The molecule has 0 aliphatic heterocycles. The van der Waals surface area contributed by atoms with Gasteiger partial charge >= 0.3 is 0 Å². The van der Waals surface area contributed by atoms with Crippen LogP contribution in [-0.2, 0) is 19.7 Å². The van der Waals surface area contributed by atoms with Gasteiger partial charge in [-0.1, -0.05) is 37.1 Å². The van der Waals surface area contributed by atoms with Gasteiger partial charge in [0.2, 0.25) is 8.32 Å². The second-order valence-corrected chi connectivity index (χ2v) is 12.3. The average Bonchev–Trinajstić information content (AvgIpc) is 2.64. The monoisotopic (exact) mass is 390 g/mol. The van der Waals surface area contributed by atoms with Crippen LogP contribution in [0.5, 0.6) is 5.75 Å². The van der Waals surface area contributed by atoms with E-state index in [-0.39, 0.29) is 0 Å². The summed E-state index contributed by atoms with van der Waals surface area (Å²) in [6.45, 7) is 8.76. The number of rotatable bonds is 8. The maximum absolute atomic E-state index is 6.48. The van der Waals surface area contributed by atoms with E-state index in [2.05, 4.69) is 44.8 Å². The zero-order valence-corrected chi connectivity index (χ0v) is 18.8. The van der Waals surface area contributed by atoms with Gasteiger partial charge in [0.15, 0.2) is 5.79 Å². The molecule has 0 amide bonds. The third kappa shape index (κ3) is 5.03. The van der Waals surface area contributed by atoms with Crippen LogP contribution in [0.25, 0.3) is 5.76 Å². The zero-order chi connectivity index (χ0) is 20.1. The zero-order valence-electron chi connectivity index (χ0n) is 17.8. The van der Waals surface area contributed by atoms with Crippen LogP contribution < -0.4 is 4.74 Å². The summed E-state index contributed by atoms with van der Waals surface area (Å²) in [5.74, 6) is 0.723. The Morgan fingerprint density at radius 2 is 1.74 bits per heavy atom. The molecule has 0 bridgehead atoms. The lowest BCUT2D eigenvalue weighted by Crippen LogP contribution is -2.34. The van der Waals surface area contributed by atoms with Gasteiger partial charge in [0, 0.05) is 26.2 Å². The molecule has 2 rings (SSSR count). The van der Waals surface area contributed by atoms with Crippen LogP contribution in [0.2, 0.25) is 19.6 Å². The van der Waals surface area contributed by atoms with Gasteiger partial charge in [-0.05, 0) is 44.6 Å². The van der Waals surface area contributed by atoms with Gasteiger partial charge in [-0.15, -0.1) is 0 Å². The molecule has 1 aliphatic carbocycles. The van der Waals surface area contributed by atoms with Crippen molar-refractivity contribution in [1.29, 1.82) is 0 Å². The van der Waals surface area contributed by atoms with E-state index in [4.69, 9.17) is 18.6 Å². The Hall–Kier alpha value is -1.56. The maximum Gasteiger partial charge on any atom is 0.242 e. The highest BCUT2D eigenvalue weighted by Crippen LogP contribution is 2.44. The molecule has 0 unspecified atom stereocenters. The van der Waals surface area contributed by atoms with E-state index in [0.717, 1.165) is 41.9 Å². The fourth-order valence-corrected chi connectivity index (χ4v) is 4.27. The van der Waals surface area contributed by atoms with E-state index in [1.54, 1.807) is 21.3 Å². The van der Waals surface area contributed by atoms with Gasteiger partial charge in [0.25, 0.3) is 0 Å². The normalized spacial score (nSPS) is 20.4. The SMILES string of the molecule is CCCC/C1=C/C=C(/O[Si](C)(C)C)c2c(OC)cccc2C(OC)(OC)C1. The molecular formula is C22H34O4Si. The molecule has 0 spiro atoms. The average molecular weight is 391 g/mol. The van der Waals surface area contributed by atoms with Crippen molar-refractivity contribution in [2.24, 2.45) is 0 Å². The molecule has 0 saturated heterocycles. The van der Waals surface area contributed by atoms with E-state index < -0.39 is 14.1 Å². The molecule has 1 aliphatic rings. The van der Waals surface area contributed by atoms with Crippen LogP contribution in [0.3, 0.4) is 0 Å². The largest absolute Gasteiger partial charge is 0.544 e. The lowest BCUT2D eigenvalue weighted by Gasteiger charge is -2.36. The number of hydrogen-bond donors (Lipinski definition) is 0. The predicted octanol–water partition coefficient (Wildman–Crippen LogP) is 5.85. The van der Waals surface area contributed by atoms with Gasteiger partial charge in [0.1, 0.15) is 11.5 Å². The first-order valence-electron chi connectivity index (χ1n) is 9.67. The number of allylic oxidation sites excluding steroid dienone is 2. The molecule has 0 saturated carbocycles. The molecule has 27 heavy (non-hydrogen) atoms. The number of fused-ring (bicyclic) bond motifs is 1. The number of methoxy groups -OCH3 is 3. The van der Waals surface area contributed by atoms with Crippen LogP contribution in [0.15, 0.2) is 35.9 Å². The Morgan fingerprint density at radius 1 is 1.04 bits per heavy atom. The van der Waals surface area contributed by atoms with Crippen LogP contribution >= 0.6 is 0 Å². The standard InChI is InChI=1S/C22H34O4Si/c1-8-9-11-17-14-15-20(26-27(5,6)7)21-18(12-10-13-19(21)23-2)22(16-17,24-3)25-4/h10,12-15H,8-9,11,16H2,1-7H3/b17-14-,20-15+. The Morgan fingerprint density at radius 3 is 2.30 bits per heavy atom. The van der Waals surface area contributed by atoms with Gasteiger partial charge in [-0.25, -0.2) is 0 Å². The minimum Gasteiger partial charge on any atom is -0.544 e. The summed E-state index contributed by atoms with van der Waals surface area (Å²) in [6.07, 6.45) is 8.25. The number of hydrogen-bond acceptors (Lipinski definition) is 4. The summed E-state index contributed by atoms with van der Waals surface area (Å²) in [4.78, 5) is 0. The first kappa shape index (κ1) is 21.7. The molecule has 1 aromatic carbocycles. The first-order valence-corrected chi connectivity index (χ1v) is 13.1. The summed E-state index contributed by atoms with van der Waals surface area (Å²) >= 11 is 0. The molecule has 0 radical (unpaired) electrons. The second-order valence-electron chi connectivity index (χ2n) is 7.89. The van der Waals surface area contributed by atoms with Crippen LogP contribution in [0.1, 0.15) is 43.7 Å². The van der Waals surface area contributed by atoms with Gasteiger partial charge in [-0.3, -0.25) is 0 Å². The van der Waals surface area contributed by atoms with Crippen molar-refractivity contribution in [3.05, 3.63) is 47.1 Å². The molecule has 1 aromatic rings. The van der Waals surface area contributed by atoms with Crippen molar-refractivity contribution in [2.45, 2.75) is 58.0 Å². The summed E-state index contributed by atoms with van der Waals surface area (Å²) in [5, 5.41) is 0. The summed E-state index contributed by atoms with van der Waals surface area (Å²) < 4.78 is 24.1. The van der Waals surface area contributed by atoms with Crippen LogP contribution in [-0.4, -0.2) is 29.6 Å². The Kier molecular flexibility index (Phi) is 7.31. The van der Waals surface area contributed by atoms with E-state index in [1.807, 2.05) is 12.1 Å². The van der Waals surface area contributed by atoms with E-state index >= 15 is 0 Å². The fraction of sp³-hybridized carbons (Fsp3) is 0.545. The first-order chi connectivity index (χ1) is 12.8. The fourth-order valence-electron chi connectivity index (χ4n) is 3.44. The highest BCUT2D eigenvalue weighted by molar-refractivity contribution is 6.70. The molecule has 0 atom stereocenters. The Labute approximate surface area is 165 Å². The lowest BCUT2D eigenvalue weighted by molar-refractivity contribution is -0.215. The highest BCUT2D eigenvalue weighted by Gasteiger charge is 2.39. The van der Waals surface area contributed by atoms with Crippen molar-refractivity contribution in [1.82, 2.24) is 0 Å².